The van der Waals surface area contributed by atoms with E-state index in [1.807, 2.05) is 107 Å². The number of rotatable bonds is 6. The fourth-order valence-electron chi connectivity index (χ4n) is 5.85. The molecule has 2 atom stereocenters. The van der Waals surface area contributed by atoms with Gasteiger partial charge in [0.25, 0.3) is 5.91 Å². The predicted octanol–water partition coefficient (Wildman–Crippen LogP) is 8.11. The lowest BCUT2D eigenvalue weighted by Gasteiger charge is -2.29. The fourth-order valence-corrected chi connectivity index (χ4v) is 5.85. The molecule has 12 heteroatoms. The zero-order chi connectivity index (χ0) is 41.8. The number of H-pyrrole nitrogens is 1. The van der Waals surface area contributed by atoms with Gasteiger partial charge in [-0.25, -0.2) is 4.98 Å². The van der Waals surface area contributed by atoms with Gasteiger partial charge < -0.3 is 15.3 Å². The van der Waals surface area contributed by atoms with E-state index in [9.17, 15) is 29.7 Å². The number of anilines is 1. The second-order valence-corrected chi connectivity index (χ2v) is 18.1. The number of para-hydroxylation sites is 1. The monoisotopic (exact) mass is 756 g/mol. The highest BCUT2D eigenvalue weighted by atomic mass is 16.3. The van der Waals surface area contributed by atoms with Crippen molar-refractivity contribution < 1.29 is 29.7 Å². The molecule has 7 N–H and O–H groups in total. The van der Waals surface area contributed by atoms with Gasteiger partial charge in [0.2, 0.25) is 17.8 Å². The van der Waals surface area contributed by atoms with Gasteiger partial charge in [-0.3, -0.25) is 35.7 Å². The van der Waals surface area contributed by atoms with Crippen LogP contribution in [0.2, 0.25) is 0 Å². The number of benzene rings is 3. The highest BCUT2D eigenvalue weighted by Gasteiger charge is 2.31. The van der Waals surface area contributed by atoms with Gasteiger partial charge in [-0.1, -0.05) is 119 Å². The van der Waals surface area contributed by atoms with Crippen molar-refractivity contribution in [1.29, 1.82) is 0 Å². The second kappa shape index (κ2) is 16.5. The minimum atomic E-state index is -0.563. The van der Waals surface area contributed by atoms with E-state index in [1.54, 1.807) is 26.0 Å². The number of phenolic OH excluding ortho intramolecular Hbond substituents is 3. The Balaban J connectivity index is 0.000000446. The Hall–Kier alpha value is -5.39. The molecule has 0 bridgehead atoms. The molecule has 0 fully saturated rings. The van der Waals surface area contributed by atoms with E-state index in [0.29, 0.717) is 0 Å². The number of aromatic nitrogens is 3. The molecule has 3 amide bonds. The van der Waals surface area contributed by atoms with Crippen molar-refractivity contribution in [3.05, 3.63) is 93.8 Å². The molecule has 2 unspecified atom stereocenters. The quantitative estimate of drug-likeness (QED) is 0.0961. The first kappa shape index (κ1) is 44.0. The Morgan fingerprint density at radius 3 is 1.29 bits per heavy atom. The van der Waals surface area contributed by atoms with Crippen LogP contribution in [-0.2, 0) is 31.2 Å². The lowest BCUT2D eigenvalue weighted by atomic mass is 9.77. The molecule has 3 aromatic carbocycles. The largest absolute Gasteiger partial charge is 0.507 e. The average Bonchev–Trinajstić information content (AvgIpc) is 3.58. The molecule has 1 aromatic heterocycles. The highest BCUT2D eigenvalue weighted by Crippen LogP contribution is 2.42. The topological polar surface area (TPSA) is 190 Å². The van der Waals surface area contributed by atoms with Crippen LogP contribution in [0.3, 0.4) is 0 Å². The lowest BCUT2D eigenvalue weighted by Crippen LogP contribution is -2.45. The summed E-state index contributed by atoms with van der Waals surface area (Å²) in [6.45, 7) is 28.0. The summed E-state index contributed by atoms with van der Waals surface area (Å²) in [6.07, 6.45) is 1.35. The maximum absolute atomic E-state index is 13.2. The van der Waals surface area contributed by atoms with Crippen molar-refractivity contribution in [3.63, 3.8) is 0 Å². The summed E-state index contributed by atoms with van der Waals surface area (Å²) < 4.78 is 0. The molecule has 4 aromatic rings. The molecule has 0 saturated heterocycles. The van der Waals surface area contributed by atoms with Gasteiger partial charge >= 0.3 is 0 Å². The number of hydrogen-bond donors (Lipinski definition) is 7. The third kappa shape index (κ3) is 11.1. The van der Waals surface area contributed by atoms with E-state index >= 15 is 0 Å². The maximum Gasteiger partial charge on any atom is 0.261 e. The first-order valence-corrected chi connectivity index (χ1v) is 18.4. The number of aromatic amines is 1. The number of nitrogens with one attached hydrogen (secondary N) is 4. The maximum atomic E-state index is 13.2. The van der Waals surface area contributed by atoms with Crippen molar-refractivity contribution in [3.8, 4) is 17.2 Å². The van der Waals surface area contributed by atoms with Gasteiger partial charge in [-0.15, -0.1) is 5.10 Å². The first-order chi connectivity index (χ1) is 25.1. The molecule has 0 aliphatic heterocycles. The molecule has 0 aliphatic rings. The van der Waals surface area contributed by atoms with Crippen molar-refractivity contribution >= 4 is 23.7 Å². The van der Waals surface area contributed by atoms with Crippen LogP contribution in [0.4, 0.5) is 5.95 Å². The van der Waals surface area contributed by atoms with E-state index in [0.717, 1.165) is 33.4 Å². The number of amides is 3. The molecular formula is C43H60N6O6. The Bertz CT molecular complexity index is 1820. The molecule has 0 radical (unpaired) electrons. The summed E-state index contributed by atoms with van der Waals surface area (Å²) in [7, 11) is 0. The molecule has 1 heterocycles. The first-order valence-electron chi connectivity index (χ1n) is 18.4. The molecule has 0 saturated carbocycles. The third-order valence-electron chi connectivity index (χ3n) is 9.38. The van der Waals surface area contributed by atoms with Crippen LogP contribution in [0, 0.1) is 0 Å². The Kier molecular flexibility index (Phi) is 13.2. The molecule has 55 heavy (non-hydrogen) atoms. The predicted molar refractivity (Wildman–Crippen MR) is 217 cm³/mol. The molecule has 298 valence electrons. The smallest absolute Gasteiger partial charge is 0.261 e. The second-order valence-electron chi connectivity index (χ2n) is 18.1. The van der Waals surface area contributed by atoms with Crippen molar-refractivity contribution in [2.75, 3.05) is 5.32 Å². The van der Waals surface area contributed by atoms with Crippen LogP contribution in [-0.4, -0.2) is 48.2 Å². The summed E-state index contributed by atoms with van der Waals surface area (Å²) in [5, 5.41) is 40.0. The van der Waals surface area contributed by atoms with Crippen LogP contribution in [0.25, 0.3) is 0 Å². The summed E-state index contributed by atoms with van der Waals surface area (Å²) >= 11 is 0. The Morgan fingerprint density at radius 1 is 0.618 bits per heavy atom. The standard InChI is InChI=1S/C34H52N2O4.C9H8N4O2/c1-19(21-15-23(31(3,4)5)27(37)24(16-21)32(6,7)8)29(39)35-36-30(40)20(2)22-17-25(33(9,10)11)28(38)26(18-22)34(12,13)14;14-7-4-2-1-3-6(7)8(15)12-9-10-5-11-13-9/h15-20,37-38H,1-14H3,(H,35,39)(H,36,40);1-5,14H,(H2,10,11,12,13,15). The van der Waals surface area contributed by atoms with Gasteiger partial charge in [-0.2, -0.15) is 0 Å². The van der Waals surface area contributed by atoms with E-state index in [4.69, 9.17) is 0 Å². The molecule has 4 rings (SSSR count). The minimum Gasteiger partial charge on any atom is -0.507 e. The van der Waals surface area contributed by atoms with Crippen LogP contribution in [0.15, 0.2) is 54.9 Å². The zero-order valence-corrected chi connectivity index (χ0v) is 34.8. The molecule has 12 nitrogen and oxygen atoms in total. The average molecular weight is 757 g/mol. The third-order valence-corrected chi connectivity index (χ3v) is 9.38. The number of hydrogen-bond acceptors (Lipinski definition) is 8. The van der Waals surface area contributed by atoms with Crippen molar-refractivity contribution in [2.24, 2.45) is 0 Å². The van der Waals surface area contributed by atoms with Crippen LogP contribution >= 0.6 is 0 Å². The summed E-state index contributed by atoms with van der Waals surface area (Å²) in [5.74, 6) is -1.65. The lowest BCUT2D eigenvalue weighted by molar-refractivity contribution is -0.130. The number of carbonyl (C=O) groups is 3. The summed E-state index contributed by atoms with van der Waals surface area (Å²) in [5.41, 5.74) is 8.81. The highest BCUT2D eigenvalue weighted by molar-refractivity contribution is 6.05. The zero-order valence-electron chi connectivity index (χ0n) is 34.8. The number of hydrazine groups is 1. The van der Waals surface area contributed by atoms with Gasteiger partial charge in [-0.05, 0) is 81.0 Å². The van der Waals surface area contributed by atoms with Gasteiger partial charge in [0.05, 0.1) is 17.4 Å². The van der Waals surface area contributed by atoms with Gasteiger partial charge in [0.1, 0.15) is 23.6 Å². The molecule has 0 spiro atoms. The number of phenols is 3. The number of nitrogens with zero attached hydrogens (tertiary/aromatic N) is 2. The number of carbonyl (C=O) groups excluding carboxylic acids is 3. The van der Waals surface area contributed by atoms with Crippen LogP contribution < -0.4 is 16.2 Å². The van der Waals surface area contributed by atoms with E-state index in [-0.39, 0.29) is 62.2 Å². The van der Waals surface area contributed by atoms with Crippen molar-refractivity contribution in [1.82, 2.24) is 26.0 Å². The molecular weight excluding hydrogens is 697 g/mol. The van der Waals surface area contributed by atoms with Gasteiger partial charge in [0, 0.05) is 0 Å². The summed E-state index contributed by atoms with van der Waals surface area (Å²) in [4.78, 5) is 41.7. The van der Waals surface area contributed by atoms with E-state index in [1.165, 1.54) is 18.5 Å². The minimum absolute atomic E-state index is 0.0782. The van der Waals surface area contributed by atoms with Crippen LogP contribution in [0.1, 0.15) is 153 Å². The summed E-state index contributed by atoms with van der Waals surface area (Å²) in [6, 6.07) is 13.8. The normalized spacial score (nSPS) is 13.2. The van der Waals surface area contributed by atoms with Gasteiger partial charge in [0.15, 0.2) is 0 Å². The SMILES string of the molecule is CC(C(=O)NNC(=O)C(C)c1cc(C(C)(C)C)c(O)c(C(C)(C)C)c1)c1cc(C(C)(C)C)c(O)c(C(C)(C)C)c1.O=C(Nc1nc[nH]n1)c1ccccc1O. The molecule has 0 aliphatic carbocycles. The van der Waals surface area contributed by atoms with Crippen molar-refractivity contribution in [2.45, 2.75) is 130 Å². The van der Waals surface area contributed by atoms with E-state index in [2.05, 4.69) is 31.3 Å². The number of aromatic hydroxyl groups is 3. The Labute approximate surface area is 325 Å². The fraction of sp³-hybridized carbons (Fsp3) is 0.465. The van der Waals surface area contributed by atoms with Crippen LogP contribution in [0.5, 0.6) is 17.2 Å². The Morgan fingerprint density at radius 2 is 0.982 bits per heavy atom. The van der Waals surface area contributed by atoms with E-state index < -0.39 is 17.7 Å².